The van der Waals surface area contributed by atoms with E-state index in [4.69, 9.17) is 4.74 Å². The molecule has 1 N–H and O–H groups in total. The lowest BCUT2D eigenvalue weighted by molar-refractivity contribution is -0.135. The Balaban J connectivity index is 1.90. The van der Waals surface area contributed by atoms with E-state index in [2.05, 4.69) is 25.0 Å². The van der Waals surface area contributed by atoms with Gasteiger partial charge in [-0.1, -0.05) is 12.2 Å². The van der Waals surface area contributed by atoms with Crippen molar-refractivity contribution in [1.82, 2.24) is 9.97 Å². The molecule has 3 rings (SSSR count). The van der Waals surface area contributed by atoms with E-state index >= 15 is 0 Å². The first-order valence-electron chi connectivity index (χ1n) is 9.35. The molecular formula is C22H21FN4O4. The number of halogens is 1. The lowest BCUT2D eigenvalue weighted by atomic mass is 9.98. The zero-order valence-corrected chi connectivity index (χ0v) is 17.5. The normalized spacial score (nSPS) is 16.0. The van der Waals surface area contributed by atoms with Crippen molar-refractivity contribution in [1.29, 1.82) is 0 Å². The number of ether oxygens (including phenoxy) is 2. The third kappa shape index (κ3) is 5.00. The van der Waals surface area contributed by atoms with E-state index in [1.165, 1.54) is 13.2 Å². The van der Waals surface area contributed by atoms with E-state index in [1.54, 1.807) is 25.3 Å². The van der Waals surface area contributed by atoms with E-state index < -0.39 is 17.6 Å². The van der Waals surface area contributed by atoms with Crippen LogP contribution in [0.1, 0.15) is 17.5 Å². The first-order chi connectivity index (χ1) is 14.8. The van der Waals surface area contributed by atoms with Gasteiger partial charge in [0.1, 0.15) is 5.75 Å². The molecule has 0 bridgehead atoms. The Morgan fingerprint density at radius 2 is 1.97 bits per heavy atom. The Labute approximate surface area is 178 Å². The van der Waals surface area contributed by atoms with E-state index in [0.29, 0.717) is 5.69 Å². The number of hydrogen-bond donors (Lipinski definition) is 1. The third-order valence-electron chi connectivity index (χ3n) is 4.50. The molecule has 1 aliphatic rings. The first kappa shape index (κ1) is 21.8. The summed E-state index contributed by atoms with van der Waals surface area (Å²) in [5, 5.41) is 2.91. The molecule has 0 atom stereocenters. The van der Waals surface area contributed by atoms with Crippen LogP contribution in [0.15, 0.2) is 47.1 Å². The highest BCUT2D eigenvalue weighted by atomic mass is 19.1. The van der Waals surface area contributed by atoms with Gasteiger partial charge in [0.15, 0.2) is 11.6 Å². The Morgan fingerprint density at radius 1 is 1.26 bits per heavy atom. The van der Waals surface area contributed by atoms with Gasteiger partial charge in [-0.25, -0.2) is 19.2 Å². The van der Waals surface area contributed by atoms with Crippen LogP contribution in [0.5, 0.6) is 5.75 Å². The molecule has 1 aromatic heterocycles. The van der Waals surface area contributed by atoms with E-state index in [-0.39, 0.29) is 29.5 Å². The first-order valence-corrected chi connectivity index (χ1v) is 9.35. The molecule has 0 spiro atoms. The fourth-order valence-electron chi connectivity index (χ4n) is 3.13. The fourth-order valence-corrected chi connectivity index (χ4v) is 3.13. The van der Waals surface area contributed by atoms with Crippen LogP contribution >= 0.6 is 0 Å². The van der Waals surface area contributed by atoms with Crippen LogP contribution in [0.3, 0.4) is 0 Å². The fraction of sp³-hybridized carbons (Fsp3) is 0.227. The number of aryl methyl sites for hydroxylation is 2. The number of anilines is 2. The molecular weight excluding hydrogens is 403 g/mol. The number of carbonyl (C=O) groups is 2. The summed E-state index contributed by atoms with van der Waals surface area (Å²) in [6.07, 6.45) is 5.50. The summed E-state index contributed by atoms with van der Waals surface area (Å²) >= 11 is 0. The second kappa shape index (κ2) is 9.29. The zero-order chi connectivity index (χ0) is 22.5. The smallest absolute Gasteiger partial charge is 0.331 e. The molecule has 0 amide bonds. The molecule has 8 nitrogen and oxygen atoms in total. The Hall–Kier alpha value is -3.88. The predicted molar refractivity (Wildman–Crippen MR) is 114 cm³/mol. The van der Waals surface area contributed by atoms with Gasteiger partial charge in [-0.2, -0.15) is 4.98 Å². The van der Waals surface area contributed by atoms with Crippen LogP contribution in [0, 0.1) is 19.7 Å². The molecule has 31 heavy (non-hydrogen) atoms. The van der Waals surface area contributed by atoms with Gasteiger partial charge in [0.05, 0.1) is 26.1 Å². The second-order valence-corrected chi connectivity index (χ2v) is 6.75. The Kier molecular flexibility index (Phi) is 6.54. The van der Waals surface area contributed by atoms with Crippen LogP contribution in [-0.2, 0) is 14.3 Å². The third-order valence-corrected chi connectivity index (χ3v) is 4.50. The summed E-state index contributed by atoms with van der Waals surface area (Å²) in [5.41, 5.74) is 2.65. The molecule has 9 heteroatoms. The van der Waals surface area contributed by atoms with Crippen LogP contribution in [0.4, 0.5) is 21.8 Å². The van der Waals surface area contributed by atoms with Crippen LogP contribution < -0.4 is 10.1 Å². The summed E-state index contributed by atoms with van der Waals surface area (Å²) in [7, 11) is 2.81. The highest BCUT2D eigenvalue weighted by Crippen LogP contribution is 2.29. The highest BCUT2D eigenvalue weighted by Gasteiger charge is 2.20. The molecule has 1 aliphatic carbocycles. The lowest BCUT2D eigenvalue weighted by Crippen LogP contribution is -2.19. The van der Waals surface area contributed by atoms with Crippen LogP contribution in [-0.4, -0.2) is 41.7 Å². The van der Waals surface area contributed by atoms with E-state index in [9.17, 15) is 14.0 Å². The highest BCUT2D eigenvalue weighted by molar-refractivity contribution is 6.48. The maximum Gasteiger partial charge on any atom is 0.331 e. The average molecular weight is 424 g/mol. The quantitative estimate of drug-likeness (QED) is 0.577. The molecule has 0 radical (unpaired) electrons. The van der Waals surface area contributed by atoms with Gasteiger partial charge in [-0.3, -0.25) is 4.79 Å². The minimum Gasteiger partial charge on any atom is -0.496 e. The van der Waals surface area contributed by atoms with Crippen molar-refractivity contribution in [3.8, 4) is 5.75 Å². The second-order valence-electron chi connectivity index (χ2n) is 6.75. The number of benzene rings is 1. The van der Waals surface area contributed by atoms with E-state index in [0.717, 1.165) is 29.1 Å². The van der Waals surface area contributed by atoms with E-state index in [1.807, 2.05) is 13.8 Å². The number of carbonyl (C=O) groups excluding carboxylic acids is 2. The number of aromatic nitrogens is 2. The number of ketones is 1. The molecule has 0 fully saturated rings. The largest absolute Gasteiger partial charge is 0.496 e. The number of Topliss-reactive ketones (excluding diaryl/α,β-unsaturated/α-hetero) is 1. The number of hydrogen-bond acceptors (Lipinski definition) is 8. The van der Waals surface area contributed by atoms with Crippen molar-refractivity contribution in [2.45, 2.75) is 20.3 Å². The lowest BCUT2D eigenvalue weighted by Gasteiger charge is -2.13. The van der Waals surface area contributed by atoms with Crippen molar-refractivity contribution in [3.05, 3.63) is 59.1 Å². The van der Waals surface area contributed by atoms with Crippen LogP contribution in [0.2, 0.25) is 0 Å². The van der Waals surface area contributed by atoms with Gasteiger partial charge in [0.25, 0.3) is 5.95 Å². The topological polar surface area (TPSA) is 103 Å². The number of allylic oxidation sites excluding steroid dienone is 3. The number of rotatable bonds is 5. The van der Waals surface area contributed by atoms with Gasteiger partial charge < -0.3 is 14.8 Å². The molecule has 0 saturated carbocycles. The predicted octanol–water partition coefficient (Wildman–Crippen LogP) is 3.69. The van der Waals surface area contributed by atoms with Crippen molar-refractivity contribution < 1.29 is 23.5 Å². The number of methoxy groups -OCH3 is 2. The SMILES string of the molecule is COC(=O)C=C1C=CCC(=Nc2ncc(F)c(Nc3cc(C)c(OC)c(C)c3)n2)C1=O. The van der Waals surface area contributed by atoms with Crippen LogP contribution in [0.25, 0.3) is 0 Å². The Morgan fingerprint density at radius 3 is 2.61 bits per heavy atom. The molecule has 0 unspecified atom stereocenters. The number of esters is 1. The summed E-state index contributed by atoms with van der Waals surface area (Å²) in [5.74, 6) is -1.18. The minimum absolute atomic E-state index is 0.0811. The van der Waals surface area contributed by atoms with Crippen molar-refractivity contribution >= 4 is 34.9 Å². The van der Waals surface area contributed by atoms with Gasteiger partial charge in [0, 0.05) is 23.8 Å². The monoisotopic (exact) mass is 424 g/mol. The summed E-state index contributed by atoms with van der Waals surface area (Å²) in [6.45, 7) is 3.76. The average Bonchev–Trinajstić information content (AvgIpc) is 2.73. The summed E-state index contributed by atoms with van der Waals surface area (Å²) in [4.78, 5) is 36.1. The van der Waals surface area contributed by atoms with Crippen molar-refractivity contribution in [3.63, 3.8) is 0 Å². The number of nitrogens with one attached hydrogen (secondary N) is 1. The maximum atomic E-state index is 14.3. The zero-order valence-electron chi connectivity index (χ0n) is 17.5. The van der Waals surface area contributed by atoms with Gasteiger partial charge in [0.2, 0.25) is 5.78 Å². The molecule has 1 aromatic carbocycles. The van der Waals surface area contributed by atoms with Crippen molar-refractivity contribution in [2.24, 2.45) is 4.99 Å². The maximum absolute atomic E-state index is 14.3. The number of aliphatic imine (C=N–C) groups is 1. The molecule has 160 valence electrons. The Bertz CT molecular complexity index is 1120. The molecule has 2 aromatic rings. The molecule has 0 saturated heterocycles. The van der Waals surface area contributed by atoms with Gasteiger partial charge >= 0.3 is 5.97 Å². The molecule has 0 aliphatic heterocycles. The van der Waals surface area contributed by atoms with Gasteiger partial charge in [-0.15, -0.1) is 0 Å². The summed E-state index contributed by atoms with van der Waals surface area (Å²) < 4.78 is 24.2. The molecule has 1 heterocycles. The number of nitrogens with zero attached hydrogens (tertiary/aromatic N) is 3. The summed E-state index contributed by atoms with van der Waals surface area (Å²) in [6, 6.07) is 3.61. The minimum atomic E-state index is -0.670. The standard InChI is InChI=1S/C22H21FN4O4/c1-12-8-15(9-13(2)20(12)31-4)25-21-16(23)11-24-22(27-21)26-17-7-5-6-14(19(17)29)10-18(28)30-3/h5-6,8-11H,7H2,1-4H3,(H,24,25,27). The van der Waals surface area contributed by atoms with Gasteiger partial charge in [-0.05, 0) is 37.1 Å². The van der Waals surface area contributed by atoms with Crippen molar-refractivity contribution in [2.75, 3.05) is 19.5 Å².